The van der Waals surface area contributed by atoms with E-state index >= 15 is 0 Å². The molecule has 1 fully saturated rings. The van der Waals surface area contributed by atoms with Crippen molar-refractivity contribution >= 4 is 17.1 Å². The Labute approximate surface area is 265 Å². The topological polar surface area (TPSA) is 31.4 Å². The minimum atomic E-state index is -0.0620. The molecule has 0 amide bonds. The van der Waals surface area contributed by atoms with Crippen LogP contribution in [0.5, 0.6) is 23.1 Å². The van der Waals surface area contributed by atoms with Crippen molar-refractivity contribution in [1.82, 2.24) is 14.0 Å². The number of hydrogen-bond acceptors (Lipinski definition) is 3. The minimum absolute atomic E-state index is 0. The maximum absolute atomic E-state index is 6.45. The summed E-state index contributed by atoms with van der Waals surface area (Å²) < 4.78 is 14.1. The van der Waals surface area contributed by atoms with E-state index in [1.807, 2.05) is 30.3 Å². The van der Waals surface area contributed by atoms with Gasteiger partial charge in [-0.1, -0.05) is 53.7 Å². The molecule has 0 radical (unpaired) electrons. The summed E-state index contributed by atoms with van der Waals surface area (Å²) in [6.07, 6.45) is 1.79. The Balaban J connectivity index is 0.00000353. The largest absolute Gasteiger partial charge is 0.509 e. The first kappa shape index (κ1) is 30.5. The summed E-state index contributed by atoms with van der Waals surface area (Å²) in [5, 5.41) is 0. The van der Waals surface area contributed by atoms with Crippen molar-refractivity contribution in [3.63, 3.8) is 0 Å². The second kappa shape index (κ2) is 10.3. The SMILES string of the molecule is Cc1cc2c(cc1C)[N@@+]1(C)[CH-][N@+]2(c2[c-]c(Oc3[c-]c(Oc4cc(C(C)(C)C)ccn4)ccc3)cc(C(C)(C)C)c2)C1.[Pt]. The summed E-state index contributed by atoms with van der Waals surface area (Å²) >= 11 is 0. The number of ether oxygens (including phenoxy) is 2. The number of nitrogens with zero attached hydrogens (tertiary/aromatic N) is 3. The van der Waals surface area contributed by atoms with Gasteiger partial charge in [-0.2, -0.15) is 6.07 Å². The van der Waals surface area contributed by atoms with Crippen molar-refractivity contribution in [3.05, 3.63) is 102 Å². The molecular formula is C36H40N3O2Pt-. The Morgan fingerprint density at radius 3 is 2.02 bits per heavy atom. The van der Waals surface area contributed by atoms with E-state index in [4.69, 9.17) is 9.47 Å². The predicted molar refractivity (Wildman–Crippen MR) is 167 cm³/mol. The molecule has 3 aliphatic rings. The van der Waals surface area contributed by atoms with Gasteiger partial charge in [0.2, 0.25) is 5.88 Å². The van der Waals surface area contributed by atoms with Crippen LogP contribution in [0.25, 0.3) is 0 Å². The van der Waals surface area contributed by atoms with Gasteiger partial charge in [-0.3, -0.25) is 0 Å². The fourth-order valence-electron chi connectivity index (χ4n) is 5.88. The summed E-state index contributed by atoms with van der Waals surface area (Å²) in [4.78, 5) is 4.41. The van der Waals surface area contributed by atoms with Gasteiger partial charge in [-0.05, 0) is 47.4 Å². The van der Waals surface area contributed by atoms with E-state index < -0.39 is 0 Å². The zero-order chi connectivity index (χ0) is 29.4. The molecule has 7 rings (SSSR count). The summed E-state index contributed by atoms with van der Waals surface area (Å²) in [6.45, 7) is 21.0. The Bertz CT molecular complexity index is 1660. The molecule has 222 valence electrons. The van der Waals surface area contributed by atoms with Crippen LogP contribution in [0.3, 0.4) is 0 Å². The van der Waals surface area contributed by atoms with E-state index in [-0.39, 0.29) is 31.9 Å². The van der Waals surface area contributed by atoms with E-state index in [2.05, 4.69) is 110 Å². The maximum atomic E-state index is 6.45. The van der Waals surface area contributed by atoms with E-state index in [0.29, 0.717) is 27.6 Å². The van der Waals surface area contributed by atoms with Crippen LogP contribution in [0, 0.1) is 32.6 Å². The average molecular weight is 742 g/mol. The second-order valence-corrected chi connectivity index (χ2v) is 13.9. The molecule has 0 aliphatic carbocycles. The van der Waals surface area contributed by atoms with Crippen LogP contribution in [0.2, 0.25) is 0 Å². The van der Waals surface area contributed by atoms with Crippen molar-refractivity contribution in [1.29, 1.82) is 0 Å². The summed E-state index contributed by atoms with van der Waals surface area (Å²) in [5.41, 5.74) is 8.75. The molecule has 1 saturated heterocycles. The van der Waals surface area contributed by atoms with E-state index in [1.54, 1.807) is 6.20 Å². The Kier molecular flexibility index (Phi) is 7.50. The maximum Gasteiger partial charge on any atom is 0.216 e. The molecule has 2 atom stereocenters. The first-order chi connectivity index (χ1) is 19.2. The van der Waals surface area contributed by atoms with Crippen molar-refractivity contribution in [2.45, 2.75) is 66.2 Å². The molecule has 0 saturated carbocycles. The smallest absolute Gasteiger partial charge is 0.216 e. The molecule has 5 nitrogen and oxygen atoms in total. The number of rotatable bonds is 5. The van der Waals surface area contributed by atoms with Gasteiger partial charge in [0.05, 0.1) is 13.7 Å². The van der Waals surface area contributed by atoms with E-state index in [0.717, 1.165) is 22.4 Å². The van der Waals surface area contributed by atoms with Gasteiger partial charge < -0.3 is 18.4 Å². The van der Waals surface area contributed by atoms with E-state index in [1.165, 1.54) is 28.1 Å². The number of aryl methyl sites for hydroxylation is 2. The average Bonchev–Trinajstić information content (AvgIpc) is 3.25. The quantitative estimate of drug-likeness (QED) is 0.151. The normalized spacial score (nSPS) is 20.8. The van der Waals surface area contributed by atoms with Crippen molar-refractivity contribution in [2.24, 2.45) is 0 Å². The van der Waals surface area contributed by atoms with E-state index in [9.17, 15) is 0 Å². The zero-order valence-electron chi connectivity index (χ0n) is 26.0. The fourth-order valence-corrected chi connectivity index (χ4v) is 5.88. The molecular weight excluding hydrogens is 701 g/mol. The Morgan fingerprint density at radius 1 is 0.762 bits per heavy atom. The fraction of sp³-hybridized carbons (Fsp3) is 0.333. The first-order valence-electron chi connectivity index (χ1n) is 14.3. The van der Waals surface area contributed by atoms with Crippen molar-refractivity contribution in [3.8, 4) is 23.1 Å². The van der Waals surface area contributed by atoms with Gasteiger partial charge in [0.25, 0.3) is 0 Å². The van der Waals surface area contributed by atoms with Gasteiger partial charge in [0.1, 0.15) is 0 Å². The summed E-state index contributed by atoms with van der Waals surface area (Å²) in [5.74, 6) is 2.34. The number of quaternary nitrogens is 2. The zero-order valence-corrected chi connectivity index (χ0v) is 28.3. The van der Waals surface area contributed by atoms with Crippen LogP contribution < -0.4 is 18.4 Å². The van der Waals surface area contributed by atoms with Gasteiger partial charge in [-0.15, -0.1) is 29.8 Å². The molecule has 0 N–H and O–H groups in total. The van der Waals surface area contributed by atoms with Crippen LogP contribution in [0.15, 0.2) is 60.8 Å². The molecule has 0 spiro atoms. The number of benzene rings is 3. The molecule has 4 heterocycles. The third-order valence-electron chi connectivity index (χ3n) is 8.44. The molecule has 3 aromatic carbocycles. The van der Waals surface area contributed by atoms with Crippen LogP contribution in [-0.2, 0) is 31.9 Å². The molecule has 6 heteroatoms. The predicted octanol–water partition coefficient (Wildman–Crippen LogP) is 9.16. The van der Waals surface area contributed by atoms with Gasteiger partial charge in [0, 0.05) is 68.4 Å². The third kappa shape index (κ3) is 5.32. The minimum Gasteiger partial charge on any atom is -0.509 e. The Morgan fingerprint density at radius 2 is 1.38 bits per heavy atom. The first-order valence-corrected chi connectivity index (χ1v) is 14.3. The van der Waals surface area contributed by atoms with Crippen LogP contribution in [0.1, 0.15) is 63.8 Å². The number of pyridine rings is 1. The van der Waals surface area contributed by atoms with Crippen molar-refractivity contribution in [2.75, 3.05) is 13.7 Å². The third-order valence-corrected chi connectivity index (χ3v) is 8.44. The van der Waals surface area contributed by atoms with Crippen molar-refractivity contribution < 1.29 is 30.5 Å². The second-order valence-electron chi connectivity index (χ2n) is 13.9. The van der Waals surface area contributed by atoms with Gasteiger partial charge in [-0.25, -0.2) is 4.98 Å². The number of aromatic nitrogens is 1. The molecule has 2 bridgehead atoms. The van der Waals surface area contributed by atoms with Crippen LogP contribution in [-0.4, -0.2) is 18.7 Å². The molecule has 4 aromatic rings. The summed E-state index contributed by atoms with van der Waals surface area (Å²) in [6, 6.07) is 25.7. The Hall–Kier alpha value is -2.98. The monoisotopic (exact) mass is 741 g/mol. The molecule has 1 aromatic heterocycles. The van der Waals surface area contributed by atoms with Crippen LogP contribution >= 0.6 is 0 Å². The number of hydrogen-bond donors (Lipinski definition) is 0. The summed E-state index contributed by atoms with van der Waals surface area (Å²) in [7, 11) is 2.29. The standard InChI is InChI=1S/C36H40N3O2.Pt/c1-24-15-32-33(16-25(24)2)39(22-38(32,9)23-39)28-17-27(36(6,7)8)18-31(20-28)40-29-11-10-12-30(21-29)41-34-19-26(13-14-37-34)35(3,4)5;/h10-19,22H,23H2,1-9H3;/q-1;/t38-,39+;/m0./s1. The van der Waals surface area contributed by atoms with Gasteiger partial charge in [0.15, 0.2) is 18.0 Å². The van der Waals surface area contributed by atoms with Gasteiger partial charge >= 0.3 is 0 Å². The molecule has 42 heavy (non-hydrogen) atoms. The molecule has 0 unspecified atom stereocenters. The van der Waals surface area contributed by atoms with Crippen LogP contribution in [0.4, 0.5) is 17.1 Å². The molecule has 3 aliphatic heterocycles.